The fourth-order valence-electron chi connectivity index (χ4n) is 4.06. The van der Waals surface area contributed by atoms with Crippen LogP contribution in [0.5, 0.6) is 5.75 Å². The predicted molar refractivity (Wildman–Crippen MR) is 106 cm³/mol. The van der Waals surface area contributed by atoms with E-state index < -0.39 is 0 Å². The smallest absolute Gasteiger partial charge is 0.233 e. The summed E-state index contributed by atoms with van der Waals surface area (Å²) in [7, 11) is 0. The fraction of sp³-hybridized carbons (Fsp3) is 0.500. The average molecular weight is 401 g/mol. The van der Waals surface area contributed by atoms with Crippen molar-refractivity contribution in [1.29, 1.82) is 0 Å². The molecule has 1 aliphatic carbocycles. The van der Waals surface area contributed by atoms with Crippen LogP contribution in [0.25, 0.3) is 10.2 Å². The van der Waals surface area contributed by atoms with Crippen molar-refractivity contribution in [3.63, 3.8) is 0 Å². The minimum absolute atomic E-state index is 0.0804. The minimum atomic E-state index is -0.250. The molecule has 4 rings (SSSR count). The Kier molecular flexibility index (Phi) is 5.30. The number of carbonyl (C=O) groups is 3. The van der Waals surface area contributed by atoms with E-state index in [0.717, 1.165) is 41.6 Å². The Labute approximate surface area is 167 Å². The molecule has 2 fully saturated rings. The molecule has 0 spiro atoms. The van der Waals surface area contributed by atoms with Crippen molar-refractivity contribution < 1.29 is 19.1 Å². The van der Waals surface area contributed by atoms with Gasteiger partial charge in [0.2, 0.25) is 17.7 Å². The number of carbonyl (C=O) groups excluding carboxylic acids is 3. The Balaban J connectivity index is 1.36. The summed E-state index contributed by atoms with van der Waals surface area (Å²) in [5.41, 5.74) is 0.790. The van der Waals surface area contributed by atoms with E-state index in [0.29, 0.717) is 11.7 Å². The number of anilines is 1. The quantitative estimate of drug-likeness (QED) is 0.751. The van der Waals surface area contributed by atoms with Crippen molar-refractivity contribution in [2.24, 2.45) is 11.8 Å². The number of benzene rings is 1. The Bertz CT molecular complexity index is 901. The first-order chi connectivity index (χ1) is 13.6. The molecule has 1 aliphatic heterocycles. The van der Waals surface area contributed by atoms with Gasteiger partial charge in [-0.2, -0.15) is 0 Å². The van der Waals surface area contributed by atoms with Crippen LogP contribution in [0.2, 0.25) is 0 Å². The third kappa shape index (κ3) is 3.61. The molecule has 1 saturated carbocycles. The molecule has 2 atom stereocenters. The lowest BCUT2D eigenvalue weighted by molar-refractivity contribution is -0.140. The number of imide groups is 1. The molecule has 3 amide bonds. The lowest BCUT2D eigenvalue weighted by atomic mass is 9.81. The van der Waals surface area contributed by atoms with Crippen molar-refractivity contribution in [2.75, 3.05) is 18.5 Å². The zero-order chi connectivity index (χ0) is 19.7. The number of nitrogens with zero attached hydrogens (tertiary/aromatic N) is 2. The molecule has 1 aromatic heterocycles. The molecule has 1 N–H and O–H groups in total. The molecule has 2 heterocycles. The largest absolute Gasteiger partial charge is 0.494 e. The first-order valence-corrected chi connectivity index (χ1v) is 10.6. The second kappa shape index (κ2) is 7.87. The summed E-state index contributed by atoms with van der Waals surface area (Å²) >= 11 is 1.37. The van der Waals surface area contributed by atoms with E-state index in [-0.39, 0.29) is 42.5 Å². The highest BCUT2D eigenvalue weighted by Crippen LogP contribution is 2.38. The zero-order valence-electron chi connectivity index (χ0n) is 15.8. The van der Waals surface area contributed by atoms with Crippen molar-refractivity contribution in [1.82, 2.24) is 9.88 Å². The van der Waals surface area contributed by atoms with Crippen molar-refractivity contribution in [3.8, 4) is 5.75 Å². The van der Waals surface area contributed by atoms with Crippen LogP contribution in [0.4, 0.5) is 5.13 Å². The van der Waals surface area contributed by atoms with Crippen molar-refractivity contribution in [2.45, 2.75) is 39.0 Å². The van der Waals surface area contributed by atoms with Gasteiger partial charge in [0.15, 0.2) is 5.13 Å². The highest BCUT2D eigenvalue weighted by Gasteiger charge is 2.47. The average Bonchev–Trinajstić information content (AvgIpc) is 3.19. The number of ether oxygens (including phenoxy) is 1. The maximum Gasteiger partial charge on any atom is 0.233 e. The van der Waals surface area contributed by atoms with Crippen molar-refractivity contribution in [3.05, 3.63) is 18.2 Å². The van der Waals surface area contributed by atoms with Gasteiger partial charge < -0.3 is 10.1 Å². The maximum absolute atomic E-state index is 12.5. The van der Waals surface area contributed by atoms with Crippen LogP contribution in [0, 0.1) is 11.8 Å². The SMILES string of the molecule is CCOc1ccc2nc(NC(=O)CCN3C(=O)[C@@H]4CCCC[C@H]4C3=O)sc2c1. The Morgan fingerprint density at radius 3 is 2.64 bits per heavy atom. The summed E-state index contributed by atoms with van der Waals surface area (Å²) in [6.07, 6.45) is 3.64. The molecule has 0 radical (unpaired) electrons. The maximum atomic E-state index is 12.5. The summed E-state index contributed by atoms with van der Waals surface area (Å²) in [6.45, 7) is 2.65. The number of hydrogen-bond donors (Lipinski definition) is 1. The number of rotatable bonds is 6. The van der Waals surface area contributed by atoms with Gasteiger partial charge in [-0.3, -0.25) is 19.3 Å². The number of aromatic nitrogens is 1. The van der Waals surface area contributed by atoms with Gasteiger partial charge in [0.1, 0.15) is 5.75 Å². The predicted octanol–water partition coefficient (Wildman–Crippen LogP) is 3.20. The van der Waals surface area contributed by atoms with E-state index in [9.17, 15) is 14.4 Å². The molecule has 7 nitrogen and oxygen atoms in total. The Morgan fingerprint density at radius 2 is 1.96 bits per heavy atom. The monoisotopic (exact) mass is 401 g/mol. The molecule has 1 aromatic carbocycles. The van der Waals surface area contributed by atoms with Crippen LogP contribution >= 0.6 is 11.3 Å². The summed E-state index contributed by atoms with van der Waals surface area (Å²) in [4.78, 5) is 43.0. The van der Waals surface area contributed by atoms with Crippen LogP contribution in [0.15, 0.2) is 18.2 Å². The van der Waals surface area contributed by atoms with Crippen LogP contribution in [0.1, 0.15) is 39.0 Å². The molecule has 0 unspecified atom stereocenters. The van der Waals surface area contributed by atoms with Crippen LogP contribution < -0.4 is 10.1 Å². The molecule has 148 valence electrons. The van der Waals surface area contributed by atoms with E-state index in [2.05, 4.69) is 10.3 Å². The normalized spacial score (nSPS) is 21.8. The van der Waals surface area contributed by atoms with Crippen molar-refractivity contribution >= 4 is 44.4 Å². The second-order valence-corrected chi connectivity index (χ2v) is 8.24. The molecule has 28 heavy (non-hydrogen) atoms. The van der Waals surface area contributed by atoms with E-state index in [1.165, 1.54) is 16.2 Å². The molecule has 2 aliphatic rings. The number of amides is 3. The van der Waals surface area contributed by atoms with Crippen LogP contribution in [0.3, 0.4) is 0 Å². The minimum Gasteiger partial charge on any atom is -0.494 e. The molecule has 8 heteroatoms. The topological polar surface area (TPSA) is 88.6 Å². The van der Waals surface area contributed by atoms with Gasteiger partial charge >= 0.3 is 0 Å². The van der Waals surface area contributed by atoms with E-state index >= 15 is 0 Å². The number of nitrogens with one attached hydrogen (secondary N) is 1. The summed E-state index contributed by atoms with van der Waals surface area (Å²) in [5.74, 6) is -0.0401. The van der Waals surface area contributed by atoms with Gasteiger partial charge in [-0.25, -0.2) is 4.98 Å². The fourth-order valence-corrected chi connectivity index (χ4v) is 4.97. The number of fused-ring (bicyclic) bond motifs is 2. The molecule has 0 bridgehead atoms. The van der Waals surface area contributed by atoms with Gasteiger partial charge in [-0.15, -0.1) is 0 Å². The van der Waals surface area contributed by atoms with Gasteiger partial charge in [-0.05, 0) is 38.0 Å². The number of thiazole rings is 1. The third-order valence-electron chi connectivity index (χ3n) is 5.41. The van der Waals surface area contributed by atoms with Gasteiger partial charge in [-0.1, -0.05) is 24.2 Å². The Morgan fingerprint density at radius 1 is 1.25 bits per heavy atom. The molecular formula is C20H23N3O4S. The van der Waals surface area contributed by atoms with E-state index in [1.54, 1.807) is 0 Å². The molecular weight excluding hydrogens is 378 g/mol. The highest BCUT2D eigenvalue weighted by atomic mass is 32.1. The zero-order valence-corrected chi connectivity index (χ0v) is 16.6. The van der Waals surface area contributed by atoms with Crippen LogP contribution in [-0.2, 0) is 14.4 Å². The lowest BCUT2D eigenvalue weighted by Gasteiger charge is -2.19. The summed E-state index contributed by atoms with van der Waals surface area (Å²) in [5, 5.41) is 3.28. The summed E-state index contributed by atoms with van der Waals surface area (Å²) in [6, 6.07) is 5.60. The highest BCUT2D eigenvalue weighted by molar-refractivity contribution is 7.22. The molecule has 2 aromatic rings. The first kappa shape index (κ1) is 18.9. The van der Waals surface area contributed by atoms with E-state index in [1.807, 2.05) is 25.1 Å². The van der Waals surface area contributed by atoms with E-state index in [4.69, 9.17) is 4.74 Å². The lowest BCUT2D eigenvalue weighted by Crippen LogP contribution is -2.34. The summed E-state index contributed by atoms with van der Waals surface area (Å²) < 4.78 is 6.41. The third-order valence-corrected chi connectivity index (χ3v) is 6.35. The van der Waals surface area contributed by atoms with Gasteiger partial charge in [0.05, 0.1) is 28.7 Å². The van der Waals surface area contributed by atoms with Gasteiger partial charge in [0, 0.05) is 13.0 Å². The first-order valence-electron chi connectivity index (χ1n) is 9.75. The Hall–Kier alpha value is -2.48. The standard InChI is InChI=1S/C20H23N3O4S/c1-2-27-12-7-8-15-16(11-12)28-20(21-15)22-17(24)9-10-23-18(25)13-5-3-4-6-14(13)19(23)26/h7-8,11,13-14H,2-6,9-10H2,1H3,(H,21,22,24)/t13-,14-/m1/s1. The van der Waals surface area contributed by atoms with Gasteiger partial charge in [0.25, 0.3) is 0 Å². The molecule has 1 saturated heterocycles. The van der Waals surface area contributed by atoms with Crippen LogP contribution in [-0.4, -0.2) is 40.8 Å². The second-order valence-electron chi connectivity index (χ2n) is 7.21. The number of likely N-dealkylation sites (tertiary alicyclic amines) is 1. The number of hydrogen-bond acceptors (Lipinski definition) is 6.